The van der Waals surface area contributed by atoms with E-state index in [9.17, 15) is 10.0 Å². The standard InChI is InChI=1S/C7H9N2O2S/c1-2-4-8-6(10)3-5-9(11)7(8)12/h3,5H,2,4H2,1H3/q-1. The molecule has 0 spiro atoms. The molecule has 0 bridgehead atoms. The Morgan fingerprint density at radius 3 is 2.92 bits per heavy atom. The molecule has 66 valence electrons. The molecule has 4 nitrogen and oxygen atoms in total. The van der Waals surface area contributed by atoms with E-state index in [2.05, 4.69) is 0 Å². The van der Waals surface area contributed by atoms with Crippen LogP contribution < -0.4 is 5.56 Å². The van der Waals surface area contributed by atoms with Crippen molar-refractivity contribution in [3.8, 4) is 0 Å². The molecular weight excluding hydrogens is 176 g/mol. The fourth-order valence-electron chi connectivity index (χ4n) is 0.928. The summed E-state index contributed by atoms with van der Waals surface area (Å²) in [5.74, 6) is 0. The third-order valence-corrected chi connectivity index (χ3v) is 1.89. The van der Waals surface area contributed by atoms with Crippen LogP contribution in [0.25, 0.3) is 0 Å². The number of nitrogens with zero attached hydrogens (tertiary/aromatic N) is 2. The van der Waals surface area contributed by atoms with E-state index in [4.69, 9.17) is 12.2 Å². The van der Waals surface area contributed by atoms with Crippen molar-refractivity contribution in [1.29, 1.82) is 0 Å². The van der Waals surface area contributed by atoms with Crippen LogP contribution in [-0.2, 0) is 6.54 Å². The van der Waals surface area contributed by atoms with E-state index in [0.717, 1.165) is 12.6 Å². The first-order valence-corrected chi connectivity index (χ1v) is 4.07. The Labute approximate surface area is 74.7 Å². The summed E-state index contributed by atoms with van der Waals surface area (Å²) in [6.45, 7) is 2.42. The fourth-order valence-corrected chi connectivity index (χ4v) is 1.17. The van der Waals surface area contributed by atoms with Crippen molar-refractivity contribution in [1.82, 2.24) is 9.30 Å². The van der Waals surface area contributed by atoms with Crippen molar-refractivity contribution in [2.75, 3.05) is 0 Å². The van der Waals surface area contributed by atoms with Gasteiger partial charge in [-0.15, -0.1) is 0 Å². The Hall–Kier alpha value is -1.10. The molecule has 0 amide bonds. The smallest absolute Gasteiger partial charge is 0.254 e. The Morgan fingerprint density at radius 1 is 1.67 bits per heavy atom. The normalized spacial score (nSPS) is 10.1. The highest BCUT2D eigenvalue weighted by Crippen LogP contribution is 1.90. The zero-order valence-corrected chi connectivity index (χ0v) is 7.50. The molecule has 0 unspecified atom stereocenters. The minimum Gasteiger partial charge on any atom is -0.804 e. The van der Waals surface area contributed by atoms with E-state index in [1.165, 1.54) is 10.6 Å². The van der Waals surface area contributed by atoms with Crippen molar-refractivity contribution in [2.24, 2.45) is 0 Å². The monoisotopic (exact) mass is 185 g/mol. The Kier molecular flexibility index (Phi) is 2.65. The summed E-state index contributed by atoms with van der Waals surface area (Å²) in [7, 11) is 0. The lowest BCUT2D eigenvalue weighted by Crippen LogP contribution is -2.22. The molecule has 0 atom stereocenters. The first kappa shape index (κ1) is 8.99. The molecule has 0 aromatic carbocycles. The summed E-state index contributed by atoms with van der Waals surface area (Å²) in [6.07, 6.45) is 1.92. The average molecular weight is 185 g/mol. The lowest BCUT2D eigenvalue weighted by atomic mass is 10.5. The van der Waals surface area contributed by atoms with Crippen molar-refractivity contribution >= 4 is 12.2 Å². The molecule has 1 heterocycles. The summed E-state index contributed by atoms with van der Waals surface area (Å²) < 4.78 is 1.85. The van der Waals surface area contributed by atoms with Crippen LogP contribution in [0.4, 0.5) is 0 Å². The van der Waals surface area contributed by atoms with Crippen LogP contribution in [0.2, 0.25) is 0 Å². The molecule has 0 radical (unpaired) electrons. The molecule has 1 rings (SSSR count). The van der Waals surface area contributed by atoms with Crippen molar-refractivity contribution in [3.63, 3.8) is 0 Å². The van der Waals surface area contributed by atoms with Crippen LogP contribution in [0.5, 0.6) is 0 Å². The third-order valence-electron chi connectivity index (χ3n) is 1.49. The van der Waals surface area contributed by atoms with Gasteiger partial charge in [0.05, 0.1) is 0 Å². The molecule has 0 fully saturated rings. The summed E-state index contributed by atoms with van der Waals surface area (Å²) in [6, 6.07) is 1.22. The van der Waals surface area contributed by atoms with Gasteiger partial charge in [-0.25, -0.2) is 0 Å². The summed E-state index contributed by atoms with van der Waals surface area (Å²) in [5, 5.41) is 10.9. The highest BCUT2D eigenvalue weighted by molar-refractivity contribution is 7.71. The van der Waals surface area contributed by atoms with Gasteiger partial charge in [0.15, 0.2) is 4.77 Å². The summed E-state index contributed by atoms with van der Waals surface area (Å²) in [5.41, 5.74) is -0.214. The van der Waals surface area contributed by atoms with Gasteiger partial charge in [0, 0.05) is 18.8 Å². The zero-order chi connectivity index (χ0) is 9.14. The molecule has 0 N–H and O–H groups in total. The van der Waals surface area contributed by atoms with E-state index in [1.807, 2.05) is 6.92 Å². The minimum absolute atomic E-state index is 0.0318. The lowest BCUT2D eigenvalue weighted by molar-refractivity contribution is 0.615. The van der Waals surface area contributed by atoms with Gasteiger partial charge < -0.3 is 9.94 Å². The van der Waals surface area contributed by atoms with Gasteiger partial charge in [0.1, 0.15) is 0 Å². The highest BCUT2D eigenvalue weighted by Gasteiger charge is 1.95. The van der Waals surface area contributed by atoms with Crippen molar-refractivity contribution in [2.45, 2.75) is 19.9 Å². The second kappa shape index (κ2) is 3.53. The third kappa shape index (κ3) is 1.55. The molecule has 12 heavy (non-hydrogen) atoms. The molecule has 0 saturated carbocycles. The van der Waals surface area contributed by atoms with Gasteiger partial charge in [-0.1, -0.05) is 6.92 Å². The minimum atomic E-state index is -0.214. The number of hydrogen-bond donors (Lipinski definition) is 0. The van der Waals surface area contributed by atoms with E-state index in [1.54, 1.807) is 0 Å². The maximum atomic E-state index is 11.1. The predicted octanol–water partition coefficient (Wildman–Crippen LogP) is 1.14. The van der Waals surface area contributed by atoms with Crippen LogP contribution in [0, 0.1) is 9.98 Å². The van der Waals surface area contributed by atoms with Crippen LogP contribution in [-0.4, -0.2) is 9.30 Å². The van der Waals surface area contributed by atoms with Gasteiger partial charge >= 0.3 is 0 Å². The SMILES string of the molecule is CCCn1c(=O)ccn([O-])c1=S. The van der Waals surface area contributed by atoms with Crippen LogP contribution in [0.3, 0.4) is 0 Å². The Bertz CT molecular complexity index is 380. The van der Waals surface area contributed by atoms with Crippen LogP contribution >= 0.6 is 12.2 Å². The predicted molar refractivity (Wildman–Crippen MR) is 48.6 cm³/mol. The molecule has 5 heteroatoms. The van der Waals surface area contributed by atoms with E-state index >= 15 is 0 Å². The number of aromatic nitrogens is 2. The largest absolute Gasteiger partial charge is 0.804 e. The quantitative estimate of drug-likeness (QED) is 0.649. The van der Waals surface area contributed by atoms with Gasteiger partial charge in [-0.05, 0) is 18.6 Å². The first-order chi connectivity index (χ1) is 5.66. The second-order valence-electron chi connectivity index (χ2n) is 2.41. The molecule has 1 aromatic heterocycles. The van der Waals surface area contributed by atoms with Gasteiger partial charge in [-0.3, -0.25) is 9.36 Å². The maximum Gasteiger partial charge on any atom is 0.254 e. The first-order valence-electron chi connectivity index (χ1n) is 3.67. The number of hydrogen-bond acceptors (Lipinski definition) is 3. The van der Waals surface area contributed by atoms with Gasteiger partial charge in [0.2, 0.25) is 0 Å². The van der Waals surface area contributed by atoms with E-state index in [0.29, 0.717) is 11.3 Å². The molecule has 0 aliphatic carbocycles. The van der Waals surface area contributed by atoms with Gasteiger partial charge in [-0.2, -0.15) is 0 Å². The second-order valence-corrected chi connectivity index (χ2v) is 2.78. The molecular formula is C7H9N2O2S-. The van der Waals surface area contributed by atoms with E-state index < -0.39 is 0 Å². The van der Waals surface area contributed by atoms with Crippen LogP contribution in [0.1, 0.15) is 13.3 Å². The topological polar surface area (TPSA) is 50.0 Å². The zero-order valence-electron chi connectivity index (χ0n) is 6.69. The average Bonchev–Trinajstić information content (AvgIpc) is 2.06. The van der Waals surface area contributed by atoms with Crippen molar-refractivity contribution in [3.05, 3.63) is 32.6 Å². The summed E-state index contributed by atoms with van der Waals surface area (Å²) >= 11 is 4.76. The molecule has 1 aromatic rings. The Morgan fingerprint density at radius 2 is 2.33 bits per heavy atom. The number of rotatable bonds is 2. The highest BCUT2D eigenvalue weighted by atomic mass is 32.1. The Balaban J connectivity index is 3.34. The lowest BCUT2D eigenvalue weighted by Gasteiger charge is -2.13. The molecule has 0 saturated heterocycles. The van der Waals surface area contributed by atoms with E-state index in [-0.39, 0.29) is 10.3 Å². The van der Waals surface area contributed by atoms with Crippen molar-refractivity contribution < 1.29 is 0 Å². The fraction of sp³-hybridized carbons (Fsp3) is 0.429. The maximum absolute atomic E-state index is 11.1. The summed E-state index contributed by atoms with van der Waals surface area (Å²) in [4.78, 5) is 11.1. The van der Waals surface area contributed by atoms with Gasteiger partial charge in [0.25, 0.3) is 5.56 Å². The molecule has 0 aliphatic rings. The molecule has 0 aliphatic heterocycles. The van der Waals surface area contributed by atoms with Crippen LogP contribution in [0.15, 0.2) is 17.1 Å².